The van der Waals surface area contributed by atoms with E-state index in [1.54, 1.807) is 6.20 Å². The van der Waals surface area contributed by atoms with Crippen molar-refractivity contribution in [1.82, 2.24) is 4.57 Å². The third-order valence-electron chi connectivity index (χ3n) is 3.01. The Morgan fingerprint density at radius 3 is 2.68 bits per heavy atom. The number of benzene rings is 1. The number of pyridine rings is 1. The van der Waals surface area contributed by atoms with E-state index >= 15 is 0 Å². The first-order valence-corrected chi connectivity index (χ1v) is 6.49. The zero-order chi connectivity index (χ0) is 14.2. The molecule has 1 aromatic carbocycles. The quantitative estimate of drug-likeness (QED) is 0.866. The molecule has 19 heavy (non-hydrogen) atoms. The summed E-state index contributed by atoms with van der Waals surface area (Å²) in [6.45, 7) is 3.78. The van der Waals surface area contributed by atoms with E-state index in [0.29, 0.717) is 10.6 Å². The molecule has 0 spiro atoms. The first kappa shape index (κ1) is 13.8. The fourth-order valence-electron chi connectivity index (χ4n) is 1.93. The van der Waals surface area contributed by atoms with Gasteiger partial charge in [-0.15, -0.1) is 0 Å². The predicted octanol–water partition coefficient (Wildman–Crippen LogP) is 2.74. The van der Waals surface area contributed by atoms with E-state index in [-0.39, 0.29) is 10.4 Å². The lowest BCUT2D eigenvalue weighted by atomic mass is 10.1. The van der Waals surface area contributed by atoms with Crippen LogP contribution in [0.15, 0.2) is 35.3 Å². The Balaban J connectivity index is 2.76. The number of hydrogen-bond donors (Lipinski definition) is 1. The maximum Gasteiger partial charge on any atom is 0.192 e. The summed E-state index contributed by atoms with van der Waals surface area (Å²) in [4.78, 5) is 11.9. The topological polar surface area (TPSA) is 48.0 Å². The minimum Gasteiger partial charge on any atom is -0.389 e. The van der Waals surface area contributed by atoms with Crippen molar-refractivity contribution >= 4 is 28.8 Å². The molecule has 0 bridgehead atoms. The largest absolute Gasteiger partial charge is 0.389 e. The van der Waals surface area contributed by atoms with Crippen molar-refractivity contribution < 1.29 is 0 Å². The molecule has 2 rings (SSSR count). The van der Waals surface area contributed by atoms with Crippen molar-refractivity contribution in [1.29, 1.82) is 0 Å². The van der Waals surface area contributed by atoms with E-state index < -0.39 is 0 Å². The second-order valence-electron chi connectivity index (χ2n) is 4.31. The van der Waals surface area contributed by atoms with Gasteiger partial charge in [0.1, 0.15) is 4.99 Å². The molecule has 0 aliphatic heterocycles. The Bertz CT molecular complexity index is 722. The second-order valence-corrected chi connectivity index (χ2v) is 5.16. The van der Waals surface area contributed by atoms with E-state index in [4.69, 9.17) is 29.6 Å². The van der Waals surface area contributed by atoms with E-state index in [9.17, 15) is 4.79 Å². The Labute approximate surface area is 121 Å². The van der Waals surface area contributed by atoms with Crippen molar-refractivity contribution in [2.75, 3.05) is 0 Å². The van der Waals surface area contributed by atoms with Crippen LogP contribution in [0.3, 0.4) is 0 Å². The lowest BCUT2D eigenvalue weighted by molar-refractivity contribution is 0.960. The number of aryl methyl sites for hydroxylation is 1. The maximum absolute atomic E-state index is 11.8. The minimum absolute atomic E-state index is 0.0958. The van der Waals surface area contributed by atoms with Crippen molar-refractivity contribution in [3.63, 3.8) is 0 Å². The fourth-order valence-corrected chi connectivity index (χ4v) is 2.26. The Morgan fingerprint density at radius 1 is 1.37 bits per heavy atom. The van der Waals surface area contributed by atoms with Crippen molar-refractivity contribution in [3.8, 4) is 5.69 Å². The summed E-state index contributed by atoms with van der Waals surface area (Å²) >= 11 is 11.0. The first-order valence-electron chi connectivity index (χ1n) is 5.70. The van der Waals surface area contributed by atoms with Gasteiger partial charge in [0.05, 0.1) is 5.56 Å². The lowest BCUT2D eigenvalue weighted by Gasteiger charge is -2.15. The monoisotopic (exact) mass is 292 g/mol. The first-order chi connectivity index (χ1) is 8.91. The zero-order valence-electron chi connectivity index (χ0n) is 10.6. The fraction of sp³-hybridized carbons (Fsp3) is 0.143. The number of rotatable bonds is 2. The van der Waals surface area contributed by atoms with Crippen molar-refractivity contribution in [3.05, 3.63) is 62.5 Å². The van der Waals surface area contributed by atoms with Crippen LogP contribution in [0, 0.1) is 13.8 Å². The Morgan fingerprint density at radius 2 is 2.05 bits per heavy atom. The molecule has 0 radical (unpaired) electrons. The van der Waals surface area contributed by atoms with E-state index in [0.717, 1.165) is 16.9 Å². The highest BCUT2D eigenvalue weighted by Crippen LogP contribution is 2.23. The van der Waals surface area contributed by atoms with Crippen molar-refractivity contribution in [2.45, 2.75) is 13.8 Å². The number of aromatic nitrogens is 1. The number of nitrogens with two attached hydrogens (primary N) is 1. The summed E-state index contributed by atoms with van der Waals surface area (Å²) in [5.41, 5.74) is 8.38. The molecule has 0 saturated heterocycles. The van der Waals surface area contributed by atoms with Crippen LogP contribution in [0.2, 0.25) is 5.02 Å². The minimum atomic E-state index is -0.166. The van der Waals surface area contributed by atoms with E-state index in [1.165, 1.54) is 6.07 Å². The third-order valence-corrected chi connectivity index (χ3v) is 3.64. The number of hydrogen-bond acceptors (Lipinski definition) is 2. The highest BCUT2D eigenvalue weighted by atomic mass is 35.5. The third kappa shape index (κ3) is 2.55. The summed E-state index contributed by atoms with van der Waals surface area (Å²) in [7, 11) is 0. The van der Waals surface area contributed by atoms with Gasteiger partial charge in [-0.1, -0.05) is 29.9 Å². The van der Waals surface area contributed by atoms with Gasteiger partial charge in [-0.05, 0) is 31.5 Å². The van der Waals surface area contributed by atoms with Gasteiger partial charge < -0.3 is 10.3 Å². The smallest absolute Gasteiger partial charge is 0.192 e. The van der Waals surface area contributed by atoms with Crippen LogP contribution >= 0.6 is 23.8 Å². The van der Waals surface area contributed by atoms with Gasteiger partial charge >= 0.3 is 0 Å². The highest BCUT2D eigenvalue weighted by Gasteiger charge is 2.10. The molecule has 0 aliphatic carbocycles. The molecule has 0 amide bonds. The SMILES string of the molecule is Cc1c(Cl)cccc1-n1cc(C(N)=S)c(=O)cc1C. The van der Waals surface area contributed by atoms with Crippen molar-refractivity contribution in [2.24, 2.45) is 5.73 Å². The number of halogens is 1. The molecule has 2 aromatic rings. The molecule has 0 fully saturated rings. The Kier molecular flexibility index (Phi) is 3.73. The van der Waals surface area contributed by atoms with Gasteiger partial charge in [0.15, 0.2) is 5.43 Å². The van der Waals surface area contributed by atoms with Crippen LogP contribution in [0.5, 0.6) is 0 Å². The standard InChI is InChI=1S/C14H13ClN2OS/c1-8-6-13(18)10(14(16)19)7-17(8)12-5-3-4-11(15)9(12)2/h3-7H,1-2H3,(H2,16,19). The summed E-state index contributed by atoms with van der Waals surface area (Å²) in [6.07, 6.45) is 1.67. The van der Waals surface area contributed by atoms with Gasteiger partial charge in [-0.3, -0.25) is 4.79 Å². The van der Waals surface area contributed by atoms with Crippen LogP contribution in [0.4, 0.5) is 0 Å². The van der Waals surface area contributed by atoms with Gasteiger partial charge in [-0.2, -0.15) is 0 Å². The normalized spacial score (nSPS) is 10.5. The van der Waals surface area contributed by atoms with Crippen LogP contribution in [-0.2, 0) is 0 Å². The molecule has 0 atom stereocenters. The molecule has 3 nitrogen and oxygen atoms in total. The highest BCUT2D eigenvalue weighted by molar-refractivity contribution is 7.80. The summed E-state index contributed by atoms with van der Waals surface area (Å²) in [5.74, 6) is 0. The number of thiocarbonyl (C=S) groups is 1. The summed E-state index contributed by atoms with van der Waals surface area (Å²) < 4.78 is 1.87. The molecule has 0 unspecified atom stereocenters. The summed E-state index contributed by atoms with van der Waals surface area (Å²) in [6, 6.07) is 7.15. The van der Waals surface area contributed by atoms with Crippen LogP contribution < -0.4 is 11.2 Å². The molecular weight excluding hydrogens is 280 g/mol. The van der Waals surface area contributed by atoms with Gasteiger partial charge in [-0.25, -0.2) is 0 Å². The molecule has 1 aromatic heterocycles. The Hall–Kier alpha value is -1.65. The molecule has 5 heteroatoms. The van der Waals surface area contributed by atoms with Gasteiger partial charge in [0.25, 0.3) is 0 Å². The van der Waals surface area contributed by atoms with Crippen LogP contribution in [0.1, 0.15) is 16.8 Å². The van der Waals surface area contributed by atoms with Gasteiger partial charge in [0, 0.05) is 28.7 Å². The molecule has 0 aliphatic rings. The lowest BCUT2D eigenvalue weighted by Crippen LogP contribution is -2.23. The average molecular weight is 293 g/mol. The van der Waals surface area contributed by atoms with Crippen LogP contribution in [0.25, 0.3) is 5.69 Å². The predicted molar refractivity (Wildman–Crippen MR) is 82.4 cm³/mol. The second kappa shape index (κ2) is 5.15. The average Bonchev–Trinajstić information content (AvgIpc) is 2.33. The van der Waals surface area contributed by atoms with Crippen LogP contribution in [-0.4, -0.2) is 9.56 Å². The molecular formula is C14H13ClN2OS. The number of nitrogens with zero attached hydrogens (tertiary/aromatic N) is 1. The molecule has 1 heterocycles. The van der Waals surface area contributed by atoms with Gasteiger partial charge in [0.2, 0.25) is 0 Å². The van der Waals surface area contributed by atoms with E-state index in [1.807, 2.05) is 36.6 Å². The maximum atomic E-state index is 11.8. The molecule has 98 valence electrons. The van der Waals surface area contributed by atoms with E-state index in [2.05, 4.69) is 0 Å². The zero-order valence-corrected chi connectivity index (χ0v) is 12.2. The molecule has 0 saturated carbocycles. The molecule has 2 N–H and O–H groups in total. The summed E-state index contributed by atoms with van der Waals surface area (Å²) in [5, 5.41) is 0.674.